The van der Waals surface area contributed by atoms with Crippen LogP contribution in [0.25, 0.3) is 0 Å². The predicted molar refractivity (Wildman–Crippen MR) is 39.9 cm³/mol. The van der Waals surface area contributed by atoms with Gasteiger partial charge in [-0.1, -0.05) is 0 Å². The van der Waals surface area contributed by atoms with Gasteiger partial charge < -0.3 is 0 Å². The third-order valence-corrected chi connectivity index (χ3v) is 2.91. The summed E-state index contributed by atoms with van der Waals surface area (Å²) in [4.78, 5) is 11.7. The Morgan fingerprint density at radius 3 is 2.56 bits per heavy atom. The Kier molecular flexibility index (Phi) is 1.67. The van der Waals surface area contributed by atoms with E-state index in [0.717, 1.165) is 4.88 Å². The van der Waals surface area contributed by atoms with Crippen LogP contribution in [-0.4, -0.2) is 5.78 Å². The molecule has 1 rings (SSSR count). The number of hydrogen-bond donors (Lipinski definition) is 0. The quantitative estimate of drug-likeness (QED) is 0.432. The van der Waals surface area contributed by atoms with E-state index in [1.54, 1.807) is 6.92 Å². The number of thiophene rings is 1. The molecule has 0 aromatic carbocycles. The molecule has 2 heteroatoms. The largest absolute Gasteiger partial charge is 0.289 e. The second kappa shape index (κ2) is 2.31. The number of carbonyl (C=O) groups is 1. The lowest BCUT2D eigenvalue weighted by atomic mass is 10.4. The summed E-state index contributed by atoms with van der Waals surface area (Å²) >= 11 is 0. The van der Waals surface area contributed by atoms with Gasteiger partial charge in [0.2, 0.25) is 10.7 Å². The summed E-state index contributed by atoms with van der Waals surface area (Å²) in [7, 11) is 0.0903. The minimum Gasteiger partial charge on any atom is -0.289 e. The summed E-state index contributed by atoms with van der Waals surface area (Å²) in [6.45, 7) is 1.61. The first-order valence-electron chi connectivity index (χ1n) is 2.76. The third kappa shape index (κ3) is 1.19. The normalized spacial score (nSPS) is 11.6. The zero-order valence-corrected chi connectivity index (χ0v) is 6.37. The number of ketones is 1. The average Bonchev–Trinajstić information content (AvgIpc) is 2.13. The Morgan fingerprint density at radius 2 is 2.33 bits per heavy atom. The van der Waals surface area contributed by atoms with E-state index in [1.807, 2.05) is 12.1 Å². The van der Waals surface area contributed by atoms with Crippen LogP contribution in [0.3, 0.4) is 0 Å². The van der Waals surface area contributed by atoms with Crippen molar-refractivity contribution in [1.82, 2.24) is 0 Å². The van der Waals surface area contributed by atoms with Crippen LogP contribution in [0, 0.1) is 0 Å². The van der Waals surface area contributed by atoms with Crippen molar-refractivity contribution in [2.24, 2.45) is 6.26 Å². The lowest BCUT2D eigenvalue weighted by molar-refractivity contribution is 0.102. The molecule has 0 spiro atoms. The summed E-state index contributed by atoms with van der Waals surface area (Å²) in [5.41, 5.74) is 0. The summed E-state index contributed by atoms with van der Waals surface area (Å²) in [5, 5.41) is 2.05. The topological polar surface area (TPSA) is 17.1 Å². The Morgan fingerprint density at radius 1 is 1.67 bits per heavy atom. The molecule has 0 aliphatic rings. The lowest BCUT2D eigenvalue weighted by Gasteiger charge is -1.79. The van der Waals surface area contributed by atoms with Gasteiger partial charge in [0, 0.05) is 13.0 Å². The average molecular weight is 141 g/mol. The van der Waals surface area contributed by atoms with Gasteiger partial charge in [0.15, 0.2) is 0 Å². The molecule has 1 aromatic heterocycles. The van der Waals surface area contributed by atoms with E-state index in [4.69, 9.17) is 0 Å². The number of aryl methyl sites for hydroxylation is 1. The molecule has 0 bridgehead atoms. The van der Waals surface area contributed by atoms with Crippen LogP contribution >= 0.6 is 10.5 Å². The highest BCUT2D eigenvalue weighted by molar-refractivity contribution is 7.29. The van der Waals surface area contributed by atoms with Crippen molar-refractivity contribution in [1.29, 1.82) is 0 Å². The monoisotopic (exact) mass is 141 g/mol. The molecule has 0 aliphatic heterocycles. The van der Waals surface area contributed by atoms with Gasteiger partial charge in [0.25, 0.3) is 0 Å². The van der Waals surface area contributed by atoms with Crippen LogP contribution in [-0.2, 0) is 6.26 Å². The van der Waals surface area contributed by atoms with E-state index >= 15 is 0 Å². The molecule has 1 heterocycles. The third-order valence-electron chi connectivity index (χ3n) is 1.22. The van der Waals surface area contributed by atoms with Crippen molar-refractivity contribution in [3.05, 3.63) is 22.4 Å². The van der Waals surface area contributed by atoms with Crippen molar-refractivity contribution in [3.8, 4) is 0 Å². The Labute approximate surface area is 57.3 Å². The predicted octanol–water partition coefficient (Wildman–Crippen LogP) is 2.18. The molecule has 0 amide bonds. The standard InChI is InChI=1S/C7H9OS/c1-6(8)7-4-3-5-9(7)2/h3-5H,1-2H3/q+1. The molecule has 0 radical (unpaired) electrons. The highest BCUT2D eigenvalue weighted by atomic mass is 32.2. The number of rotatable bonds is 1. The van der Waals surface area contributed by atoms with Gasteiger partial charge in [-0.25, -0.2) is 0 Å². The van der Waals surface area contributed by atoms with Crippen LogP contribution in [0.4, 0.5) is 0 Å². The van der Waals surface area contributed by atoms with Crippen molar-refractivity contribution in [2.45, 2.75) is 6.92 Å². The molecule has 0 aliphatic carbocycles. The molecular formula is C7H9OS+. The van der Waals surface area contributed by atoms with Crippen LogP contribution < -0.4 is 0 Å². The van der Waals surface area contributed by atoms with Gasteiger partial charge in [0.1, 0.15) is 11.6 Å². The maximum atomic E-state index is 10.8. The first-order chi connectivity index (χ1) is 4.22. The molecule has 0 N–H and O–H groups in total. The second-order valence-electron chi connectivity index (χ2n) is 1.97. The highest BCUT2D eigenvalue weighted by Crippen LogP contribution is 2.20. The maximum Gasteiger partial charge on any atom is 0.215 e. The van der Waals surface area contributed by atoms with E-state index in [2.05, 4.69) is 11.6 Å². The number of hydrogen-bond acceptors (Lipinski definition) is 1. The number of carbonyl (C=O) groups excluding carboxylic acids is 1. The summed E-state index contributed by atoms with van der Waals surface area (Å²) < 4.78 is 0. The van der Waals surface area contributed by atoms with Gasteiger partial charge in [-0.2, -0.15) is 0 Å². The SMILES string of the molecule is CC(=O)c1ccc[s+]1C. The number of Topliss-reactive ketones (excluding diaryl/α,β-unsaturated/α-hetero) is 1. The summed E-state index contributed by atoms with van der Waals surface area (Å²) in [6.07, 6.45) is 2.05. The van der Waals surface area contributed by atoms with Crippen molar-refractivity contribution >= 4 is 16.3 Å². The van der Waals surface area contributed by atoms with E-state index in [0.29, 0.717) is 0 Å². The van der Waals surface area contributed by atoms with Gasteiger partial charge >= 0.3 is 0 Å². The Bertz CT molecular complexity index is 225. The zero-order valence-electron chi connectivity index (χ0n) is 5.55. The smallest absolute Gasteiger partial charge is 0.215 e. The molecule has 1 nitrogen and oxygen atoms in total. The molecular weight excluding hydrogens is 132 g/mol. The van der Waals surface area contributed by atoms with Gasteiger partial charge in [0.05, 0.1) is 0 Å². The minimum atomic E-state index is 0.0903. The van der Waals surface area contributed by atoms with E-state index in [9.17, 15) is 4.79 Å². The van der Waals surface area contributed by atoms with Gasteiger partial charge in [-0.05, 0) is 16.5 Å². The maximum absolute atomic E-state index is 10.8. The fourth-order valence-corrected chi connectivity index (χ4v) is 1.98. The fourth-order valence-electron chi connectivity index (χ4n) is 0.769. The van der Waals surface area contributed by atoms with Crippen molar-refractivity contribution in [3.63, 3.8) is 0 Å². The fraction of sp³-hybridized carbons (Fsp3) is 0.286. The molecule has 0 fully saturated rings. The van der Waals surface area contributed by atoms with Crippen LogP contribution in [0.5, 0.6) is 0 Å². The van der Waals surface area contributed by atoms with Crippen molar-refractivity contribution < 1.29 is 4.79 Å². The molecule has 0 saturated carbocycles. The Hall–Kier alpha value is -0.630. The first kappa shape index (κ1) is 6.49. The van der Waals surface area contributed by atoms with Gasteiger partial charge in [-0.3, -0.25) is 4.79 Å². The molecule has 1 atom stereocenters. The van der Waals surface area contributed by atoms with Crippen molar-refractivity contribution in [2.75, 3.05) is 0 Å². The van der Waals surface area contributed by atoms with Gasteiger partial charge in [-0.15, -0.1) is 0 Å². The molecule has 0 saturated heterocycles. The molecule has 48 valence electrons. The molecule has 1 unspecified atom stereocenters. The van der Waals surface area contributed by atoms with Crippen LogP contribution in [0.1, 0.15) is 16.6 Å². The van der Waals surface area contributed by atoms with E-state index < -0.39 is 0 Å². The van der Waals surface area contributed by atoms with E-state index in [-0.39, 0.29) is 16.3 Å². The molecule has 1 aromatic rings. The zero-order chi connectivity index (χ0) is 6.85. The van der Waals surface area contributed by atoms with Crippen LogP contribution in [0.2, 0.25) is 0 Å². The lowest BCUT2D eigenvalue weighted by Crippen LogP contribution is -1.85. The summed E-state index contributed by atoms with van der Waals surface area (Å²) in [5.74, 6) is 0.200. The van der Waals surface area contributed by atoms with E-state index in [1.165, 1.54) is 0 Å². The second-order valence-corrected chi connectivity index (χ2v) is 3.80. The molecule has 9 heavy (non-hydrogen) atoms. The summed E-state index contributed by atoms with van der Waals surface area (Å²) in [6, 6.07) is 3.84. The highest BCUT2D eigenvalue weighted by Gasteiger charge is 2.11. The van der Waals surface area contributed by atoms with Crippen LogP contribution in [0.15, 0.2) is 17.5 Å². The first-order valence-corrected chi connectivity index (χ1v) is 4.45. The minimum absolute atomic E-state index is 0.0903. The Balaban J connectivity index is 3.08.